The maximum Gasteiger partial charge on any atom is 0.274 e. The zero-order valence-corrected chi connectivity index (χ0v) is 13.5. The molecular weight excluding hydrogens is 308 g/mol. The highest BCUT2D eigenvalue weighted by Gasteiger charge is 2.12. The predicted octanol–water partition coefficient (Wildman–Crippen LogP) is 3.24. The van der Waals surface area contributed by atoms with E-state index in [2.05, 4.69) is 5.32 Å². The van der Waals surface area contributed by atoms with Gasteiger partial charge in [0.25, 0.3) is 5.69 Å². The summed E-state index contributed by atoms with van der Waals surface area (Å²) in [5.74, 6) is 0.333. The smallest absolute Gasteiger partial charge is 0.274 e. The molecule has 0 fully saturated rings. The van der Waals surface area contributed by atoms with Crippen molar-refractivity contribution in [3.63, 3.8) is 0 Å². The molecule has 0 aliphatic heterocycles. The molecule has 6 nitrogen and oxygen atoms in total. The van der Waals surface area contributed by atoms with Gasteiger partial charge in [-0.3, -0.25) is 14.9 Å². The lowest BCUT2D eigenvalue weighted by atomic mass is 10.1. The SMILES string of the molecule is COc1ccc(C)cc1/C=C/C(=O)NCc1ccccc1[N+](=O)[O-]. The van der Waals surface area contributed by atoms with E-state index < -0.39 is 4.92 Å². The van der Waals surface area contributed by atoms with Crippen LogP contribution in [0.5, 0.6) is 5.75 Å². The molecular formula is C18H18N2O4. The zero-order valence-electron chi connectivity index (χ0n) is 13.5. The van der Waals surface area contributed by atoms with Gasteiger partial charge in [-0.25, -0.2) is 0 Å². The van der Waals surface area contributed by atoms with Gasteiger partial charge in [-0.2, -0.15) is 0 Å². The van der Waals surface area contributed by atoms with Gasteiger partial charge in [0, 0.05) is 29.8 Å². The largest absolute Gasteiger partial charge is 0.496 e. The molecule has 0 saturated heterocycles. The van der Waals surface area contributed by atoms with E-state index in [-0.39, 0.29) is 18.1 Å². The van der Waals surface area contributed by atoms with Crippen molar-refractivity contribution < 1.29 is 14.5 Å². The van der Waals surface area contributed by atoms with Crippen LogP contribution in [0.15, 0.2) is 48.5 Å². The van der Waals surface area contributed by atoms with E-state index in [1.807, 2.05) is 25.1 Å². The quantitative estimate of drug-likeness (QED) is 0.502. The van der Waals surface area contributed by atoms with Crippen molar-refractivity contribution in [1.29, 1.82) is 0 Å². The summed E-state index contributed by atoms with van der Waals surface area (Å²) in [6.45, 7) is 2.04. The highest BCUT2D eigenvalue weighted by atomic mass is 16.6. The highest BCUT2D eigenvalue weighted by Crippen LogP contribution is 2.21. The van der Waals surface area contributed by atoms with E-state index in [1.165, 1.54) is 12.1 Å². The average Bonchev–Trinajstić information content (AvgIpc) is 2.58. The Hall–Kier alpha value is -3.15. The molecule has 1 N–H and O–H groups in total. The molecule has 2 rings (SSSR count). The molecule has 24 heavy (non-hydrogen) atoms. The molecule has 1 amide bonds. The minimum absolute atomic E-state index is 0.0119. The number of aryl methyl sites for hydroxylation is 1. The maximum atomic E-state index is 11.9. The number of amides is 1. The van der Waals surface area contributed by atoms with Gasteiger partial charge in [0.1, 0.15) is 5.75 Å². The second kappa shape index (κ2) is 7.92. The van der Waals surface area contributed by atoms with Crippen LogP contribution in [0.4, 0.5) is 5.69 Å². The van der Waals surface area contributed by atoms with Gasteiger partial charge in [-0.15, -0.1) is 0 Å². The topological polar surface area (TPSA) is 81.5 Å². The number of nitrogens with one attached hydrogen (secondary N) is 1. The Morgan fingerprint density at radius 3 is 2.75 bits per heavy atom. The van der Waals surface area contributed by atoms with Gasteiger partial charge < -0.3 is 10.1 Å². The number of rotatable bonds is 6. The summed E-state index contributed by atoms with van der Waals surface area (Å²) < 4.78 is 5.25. The molecule has 0 bridgehead atoms. The molecule has 2 aromatic rings. The number of ether oxygens (including phenoxy) is 1. The average molecular weight is 326 g/mol. The molecule has 0 radical (unpaired) electrons. The predicted molar refractivity (Wildman–Crippen MR) is 91.7 cm³/mol. The summed E-state index contributed by atoms with van der Waals surface area (Å²) in [6.07, 6.45) is 3.03. The molecule has 6 heteroatoms. The minimum Gasteiger partial charge on any atom is -0.496 e. The van der Waals surface area contributed by atoms with Crippen LogP contribution in [0.2, 0.25) is 0 Å². The summed E-state index contributed by atoms with van der Waals surface area (Å²) >= 11 is 0. The van der Waals surface area contributed by atoms with Crippen molar-refractivity contribution >= 4 is 17.7 Å². The number of hydrogen-bond donors (Lipinski definition) is 1. The lowest BCUT2D eigenvalue weighted by Gasteiger charge is -2.06. The summed E-state index contributed by atoms with van der Waals surface area (Å²) in [7, 11) is 1.57. The van der Waals surface area contributed by atoms with Crippen molar-refractivity contribution in [2.45, 2.75) is 13.5 Å². The third-order valence-electron chi connectivity index (χ3n) is 3.44. The Balaban J connectivity index is 2.04. The van der Waals surface area contributed by atoms with E-state index in [1.54, 1.807) is 31.4 Å². The van der Waals surface area contributed by atoms with E-state index in [0.29, 0.717) is 11.3 Å². The van der Waals surface area contributed by atoms with Gasteiger partial charge >= 0.3 is 0 Å². The number of nitro benzene ring substituents is 1. The number of benzene rings is 2. The lowest BCUT2D eigenvalue weighted by molar-refractivity contribution is -0.385. The Morgan fingerprint density at radius 1 is 1.29 bits per heavy atom. The van der Waals surface area contributed by atoms with E-state index in [0.717, 1.165) is 11.1 Å². The fourth-order valence-electron chi connectivity index (χ4n) is 2.23. The summed E-state index contributed by atoms with van der Waals surface area (Å²) in [4.78, 5) is 22.4. The Morgan fingerprint density at radius 2 is 2.04 bits per heavy atom. The van der Waals surface area contributed by atoms with Crippen molar-refractivity contribution in [1.82, 2.24) is 5.32 Å². The van der Waals surface area contributed by atoms with E-state index >= 15 is 0 Å². The van der Waals surface area contributed by atoms with Crippen molar-refractivity contribution in [2.24, 2.45) is 0 Å². The molecule has 0 unspecified atom stereocenters. The molecule has 0 saturated carbocycles. The number of carbonyl (C=O) groups excluding carboxylic acids is 1. The first-order chi connectivity index (χ1) is 11.5. The van der Waals surface area contributed by atoms with E-state index in [9.17, 15) is 14.9 Å². The summed E-state index contributed by atoms with van der Waals surface area (Å²) in [6, 6.07) is 12.0. The third-order valence-corrected chi connectivity index (χ3v) is 3.44. The van der Waals surface area contributed by atoms with Crippen LogP contribution < -0.4 is 10.1 Å². The monoisotopic (exact) mass is 326 g/mol. The van der Waals surface area contributed by atoms with Crippen LogP contribution in [0.3, 0.4) is 0 Å². The lowest BCUT2D eigenvalue weighted by Crippen LogP contribution is -2.20. The first-order valence-corrected chi connectivity index (χ1v) is 7.34. The van der Waals surface area contributed by atoms with Gasteiger partial charge in [0.15, 0.2) is 0 Å². The molecule has 0 aliphatic carbocycles. The Kier molecular flexibility index (Phi) is 5.68. The third kappa shape index (κ3) is 4.42. The van der Waals surface area contributed by atoms with Crippen molar-refractivity contribution in [3.05, 3.63) is 75.3 Å². The maximum absolute atomic E-state index is 11.9. The van der Waals surface area contributed by atoms with Crippen molar-refractivity contribution in [2.75, 3.05) is 7.11 Å². The summed E-state index contributed by atoms with van der Waals surface area (Å²) in [5.41, 5.74) is 2.29. The van der Waals surface area contributed by atoms with Gasteiger partial charge in [0.05, 0.1) is 12.0 Å². The van der Waals surface area contributed by atoms with Crippen LogP contribution in [0.25, 0.3) is 6.08 Å². The normalized spacial score (nSPS) is 10.6. The van der Waals surface area contributed by atoms with E-state index in [4.69, 9.17) is 4.74 Å². The van der Waals surface area contributed by atoms with Gasteiger partial charge in [-0.1, -0.05) is 29.8 Å². The summed E-state index contributed by atoms with van der Waals surface area (Å²) in [5, 5.41) is 13.6. The van der Waals surface area contributed by atoms with Crippen LogP contribution in [0.1, 0.15) is 16.7 Å². The van der Waals surface area contributed by atoms with Crippen LogP contribution in [-0.4, -0.2) is 17.9 Å². The second-order valence-corrected chi connectivity index (χ2v) is 5.18. The number of nitrogens with zero attached hydrogens (tertiary/aromatic N) is 1. The molecule has 2 aromatic carbocycles. The minimum atomic E-state index is -0.463. The zero-order chi connectivity index (χ0) is 17.5. The number of carbonyl (C=O) groups is 1. The number of methoxy groups -OCH3 is 1. The first kappa shape index (κ1) is 17.2. The molecule has 0 atom stereocenters. The standard InChI is InChI=1S/C18H18N2O4/c1-13-7-9-17(24-2)14(11-13)8-10-18(21)19-12-15-5-3-4-6-16(15)20(22)23/h3-11H,12H2,1-2H3,(H,19,21)/b10-8+. The van der Waals surface area contributed by atoms with Crippen LogP contribution in [0, 0.1) is 17.0 Å². The fourth-order valence-corrected chi connectivity index (χ4v) is 2.23. The van der Waals surface area contributed by atoms with Crippen molar-refractivity contribution in [3.8, 4) is 5.75 Å². The molecule has 0 heterocycles. The second-order valence-electron chi connectivity index (χ2n) is 5.18. The van der Waals surface area contributed by atoms with Gasteiger partial charge in [-0.05, 0) is 25.1 Å². The molecule has 0 aromatic heterocycles. The molecule has 0 aliphatic rings. The van der Waals surface area contributed by atoms with Crippen LogP contribution >= 0.6 is 0 Å². The van der Waals surface area contributed by atoms with Gasteiger partial charge in [0.2, 0.25) is 5.91 Å². The fraction of sp³-hybridized carbons (Fsp3) is 0.167. The number of para-hydroxylation sites is 1. The Labute approximate surface area is 139 Å². The molecule has 124 valence electrons. The number of hydrogen-bond acceptors (Lipinski definition) is 4. The Bertz CT molecular complexity index is 784. The molecule has 0 spiro atoms. The highest BCUT2D eigenvalue weighted by molar-refractivity contribution is 5.92. The number of nitro groups is 1. The van der Waals surface area contributed by atoms with Crippen LogP contribution in [-0.2, 0) is 11.3 Å². The first-order valence-electron chi connectivity index (χ1n) is 7.34.